The van der Waals surface area contributed by atoms with Gasteiger partial charge in [-0.2, -0.15) is 4.31 Å². The summed E-state index contributed by atoms with van der Waals surface area (Å²) in [5.74, 6) is 0.0462. The molecule has 3 heterocycles. The molecule has 2 aromatic rings. The molecule has 178 valence electrons. The molecule has 2 aliphatic rings. The van der Waals surface area contributed by atoms with Crippen molar-refractivity contribution in [3.63, 3.8) is 0 Å². The lowest BCUT2D eigenvalue weighted by molar-refractivity contribution is -0.385. The van der Waals surface area contributed by atoms with E-state index in [-0.39, 0.29) is 35.5 Å². The van der Waals surface area contributed by atoms with Crippen molar-refractivity contribution >= 4 is 33.0 Å². The second kappa shape index (κ2) is 9.84. The first-order valence-corrected chi connectivity index (χ1v) is 13.2. The second-order valence-corrected chi connectivity index (χ2v) is 11.4. The maximum absolute atomic E-state index is 13.0. The number of piperidine rings is 1. The van der Waals surface area contributed by atoms with Crippen LogP contribution in [-0.2, 0) is 21.4 Å². The number of sulfonamides is 1. The van der Waals surface area contributed by atoms with Gasteiger partial charge in [0.15, 0.2) is 0 Å². The molecule has 1 aromatic heterocycles. The van der Waals surface area contributed by atoms with Crippen LogP contribution in [0, 0.1) is 23.0 Å². The highest BCUT2D eigenvalue weighted by molar-refractivity contribution is 7.89. The van der Waals surface area contributed by atoms with E-state index in [0.717, 1.165) is 49.2 Å². The van der Waals surface area contributed by atoms with Gasteiger partial charge in [0.2, 0.25) is 15.9 Å². The molecule has 1 amide bonds. The Labute approximate surface area is 197 Å². The molecule has 2 saturated heterocycles. The molecule has 0 unspecified atom stereocenters. The van der Waals surface area contributed by atoms with Crippen LogP contribution in [-0.4, -0.2) is 77.6 Å². The van der Waals surface area contributed by atoms with Crippen LogP contribution in [0.2, 0.25) is 0 Å². The normalized spacial score (nSPS) is 19.0. The molecular formula is C21H27N5O5S2. The van der Waals surface area contributed by atoms with E-state index in [1.165, 1.54) is 22.5 Å². The number of nitrogens with zero attached hydrogens (tertiary/aromatic N) is 5. The second-order valence-electron chi connectivity index (χ2n) is 8.39. The number of non-ortho nitro benzene ring substituents is 1. The fourth-order valence-electron chi connectivity index (χ4n) is 4.36. The molecule has 0 bridgehead atoms. The highest BCUT2D eigenvalue weighted by Crippen LogP contribution is 2.25. The number of carbonyl (C=O) groups is 1. The van der Waals surface area contributed by atoms with Gasteiger partial charge in [0, 0.05) is 56.2 Å². The number of aryl methyl sites for hydroxylation is 1. The largest absolute Gasteiger partial charge is 0.340 e. The van der Waals surface area contributed by atoms with Crippen LogP contribution in [0.3, 0.4) is 0 Å². The number of carbonyl (C=O) groups excluding carboxylic acids is 1. The third-order valence-corrected chi connectivity index (χ3v) is 8.92. The van der Waals surface area contributed by atoms with Crippen molar-refractivity contribution in [2.75, 3.05) is 39.3 Å². The fourth-order valence-corrected chi connectivity index (χ4v) is 6.43. The van der Waals surface area contributed by atoms with Gasteiger partial charge in [-0.25, -0.2) is 13.4 Å². The Balaban J connectivity index is 1.29. The molecule has 1 aromatic carbocycles. The highest BCUT2D eigenvalue weighted by Gasteiger charge is 2.34. The Bertz CT molecular complexity index is 1120. The van der Waals surface area contributed by atoms with Crippen LogP contribution in [0.5, 0.6) is 0 Å². The van der Waals surface area contributed by atoms with E-state index >= 15 is 0 Å². The average Bonchev–Trinajstić information content (AvgIpc) is 3.23. The lowest BCUT2D eigenvalue weighted by Crippen LogP contribution is -2.52. The van der Waals surface area contributed by atoms with Crippen molar-refractivity contribution in [3.8, 4) is 0 Å². The molecule has 0 N–H and O–H groups in total. The first-order chi connectivity index (χ1) is 15.7. The zero-order valence-electron chi connectivity index (χ0n) is 18.4. The van der Waals surface area contributed by atoms with Crippen LogP contribution in [0.15, 0.2) is 34.5 Å². The van der Waals surface area contributed by atoms with Gasteiger partial charge in [-0.15, -0.1) is 11.3 Å². The molecule has 2 fully saturated rings. The smallest absolute Gasteiger partial charge is 0.270 e. The van der Waals surface area contributed by atoms with Gasteiger partial charge in [-0.1, -0.05) is 6.07 Å². The Morgan fingerprint density at radius 1 is 1.18 bits per heavy atom. The third-order valence-electron chi connectivity index (χ3n) is 6.21. The topological polar surface area (TPSA) is 117 Å². The molecular weight excluding hydrogens is 466 g/mol. The molecule has 0 atom stereocenters. The fraction of sp³-hybridized carbons (Fsp3) is 0.524. The van der Waals surface area contributed by atoms with E-state index in [2.05, 4.69) is 15.3 Å². The van der Waals surface area contributed by atoms with E-state index in [1.54, 1.807) is 16.2 Å². The molecule has 0 radical (unpaired) electrons. The molecule has 33 heavy (non-hydrogen) atoms. The zero-order chi connectivity index (χ0) is 23.6. The number of thiazole rings is 1. The summed E-state index contributed by atoms with van der Waals surface area (Å²) < 4.78 is 27.1. The highest BCUT2D eigenvalue weighted by atomic mass is 32.2. The average molecular weight is 494 g/mol. The number of piperazine rings is 1. The van der Waals surface area contributed by atoms with Gasteiger partial charge < -0.3 is 4.90 Å². The number of nitro groups is 1. The predicted octanol–water partition coefficient (Wildman–Crippen LogP) is 2.10. The summed E-state index contributed by atoms with van der Waals surface area (Å²) in [7, 11) is -3.85. The number of benzene rings is 1. The van der Waals surface area contributed by atoms with E-state index < -0.39 is 14.9 Å². The number of hydrogen-bond donors (Lipinski definition) is 0. The van der Waals surface area contributed by atoms with Crippen molar-refractivity contribution < 1.29 is 18.1 Å². The maximum atomic E-state index is 13.0. The quantitative estimate of drug-likeness (QED) is 0.447. The standard InChI is InChI=1S/C21H27N5O5S2/c1-16-22-18(15-32-16)14-23-7-5-17(6-8-23)21(27)24-9-11-25(12-10-24)33(30,31)20-4-2-3-19(13-20)26(28)29/h2-4,13,15,17H,5-12,14H2,1H3. The summed E-state index contributed by atoms with van der Waals surface area (Å²) in [6.45, 7) is 5.49. The van der Waals surface area contributed by atoms with Crippen molar-refractivity contribution in [2.45, 2.75) is 31.2 Å². The zero-order valence-corrected chi connectivity index (χ0v) is 20.1. The Kier molecular flexibility index (Phi) is 7.07. The predicted molar refractivity (Wildman–Crippen MR) is 123 cm³/mol. The minimum absolute atomic E-state index is 0.0432. The van der Waals surface area contributed by atoms with Gasteiger partial charge in [0.25, 0.3) is 5.69 Å². The van der Waals surface area contributed by atoms with E-state index in [0.29, 0.717) is 13.1 Å². The van der Waals surface area contributed by atoms with Crippen molar-refractivity contribution in [1.82, 2.24) is 19.1 Å². The summed E-state index contributed by atoms with van der Waals surface area (Å²) in [4.78, 5) is 31.9. The number of amides is 1. The summed E-state index contributed by atoms with van der Waals surface area (Å²) in [5.41, 5.74) is 0.810. The molecule has 0 saturated carbocycles. The Morgan fingerprint density at radius 2 is 1.88 bits per heavy atom. The van der Waals surface area contributed by atoms with E-state index in [9.17, 15) is 23.3 Å². The van der Waals surface area contributed by atoms with Gasteiger partial charge in [-0.05, 0) is 38.9 Å². The summed E-state index contributed by atoms with van der Waals surface area (Å²) in [6.07, 6.45) is 1.57. The number of aromatic nitrogens is 1. The minimum atomic E-state index is -3.85. The molecule has 2 aliphatic heterocycles. The number of likely N-dealkylation sites (tertiary alicyclic amines) is 1. The van der Waals surface area contributed by atoms with Crippen molar-refractivity contribution in [3.05, 3.63) is 50.5 Å². The number of hydrogen-bond acceptors (Lipinski definition) is 8. The first-order valence-electron chi connectivity index (χ1n) is 10.9. The van der Waals surface area contributed by atoms with Crippen LogP contribution in [0.25, 0.3) is 0 Å². The van der Waals surface area contributed by atoms with Gasteiger partial charge in [-0.3, -0.25) is 19.8 Å². The monoisotopic (exact) mass is 493 g/mol. The van der Waals surface area contributed by atoms with Crippen LogP contribution >= 0.6 is 11.3 Å². The summed E-state index contributed by atoms with van der Waals surface area (Å²) in [6, 6.07) is 5.07. The first kappa shape index (κ1) is 23.7. The molecule has 10 nitrogen and oxygen atoms in total. The number of rotatable bonds is 6. The lowest BCUT2D eigenvalue weighted by Gasteiger charge is -2.38. The van der Waals surface area contributed by atoms with Crippen LogP contribution < -0.4 is 0 Å². The Morgan fingerprint density at radius 3 is 2.48 bits per heavy atom. The van der Waals surface area contributed by atoms with Gasteiger partial charge >= 0.3 is 0 Å². The van der Waals surface area contributed by atoms with Crippen LogP contribution in [0.4, 0.5) is 5.69 Å². The van der Waals surface area contributed by atoms with E-state index in [4.69, 9.17) is 0 Å². The summed E-state index contributed by atoms with van der Waals surface area (Å²) in [5, 5.41) is 14.1. The van der Waals surface area contributed by atoms with E-state index in [1.807, 2.05) is 6.92 Å². The molecule has 12 heteroatoms. The lowest BCUT2D eigenvalue weighted by atomic mass is 9.95. The minimum Gasteiger partial charge on any atom is -0.340 e. The maximum Gasteiger partial charge on any atom is 0.270 e. The van der Waals surface area contributed by atoms with Gasteiger partial charge in [0.05, 0.1) is 20.5 Å². The van der Waals surface area contributed by atoms with Crippen molar-refractivity contribution in [2.24, 2.45) is 5.92 Å². The van der Waals surface area contributed by atoms with Gasteiger partial charge in [0.1, 0.15) is 0 Å². The molecule has 0 spiro atoms. The summed E-state index contributed by atoms with van der Waals surface area (Å²) >= 11 is 1.64. The molecule has 0 aliphatic carbocycles. The number of nitro benzene ring substituents is 1. The SMILES string of the molecule is Cc1nc(CN2CCC(C(=O)N3CCN(S(=O)(=O)c4cccc([N+](=O)[O-])c4)CC3)CC2)cs1. The third kappa shape index (κ3) is 5.40. The van der Waals surface area contributed by atoms with Crippen molar-refractivity contribution in [1.29, 1.82) is 0 Å². The van der Waals surface area contributed by atoms with Crippen LogP contribution in [0.1, 0.15) is 23.5 Å². The molecule has 4 rings (SSSR count). The Hall–Kier alpha value is -2.41.